The number of ether oxygens (including phenoxy) is 1. The molecule has 88 valence electrons. The van der Waals surface area contributed by atoms with Gasteiger partial charge in [0.25, 0.3) is 0 Å². The van der Waals surface area contributed by atoms with Crippen molar-refractivity contribution in [1.29, 1.82) is 0 Å². The Bertz CT molecular complexity index is 310. The number of primary sulfonamides is 1. The SMILES string of the molecule is NS(=O)(=O)CCNC(=O)N1CCOCC1. The average Bonchev–Trinajstić information content (AvgIpc) is 2.17. The number of morpholine rings is 1. The van der Waals surface area contributed by atoms with Gasteiger partial charge in [-0.2, -0.15) is 0 Å². The predicted molar refractivity (Wildman–Crippen MR) is 53.8 cm³/mol. The number of nitrogens with zero attached hydrogens (tertiary/aromatic N) is 1. The largest absolute Gasteiger partial charge is 0.378 e. The summed E-state index contributed by atoms with van der Waals surface area (Å²) in [6, 6.07) is -0.276. The molecule has 0 radical (unpaired) electrons. The highest BCUT2D eigenvalue weighted by atomic mass is 32.2. The Labute approximate surface area is 88.6 Å². The first-order chi connectivity index (χ1) is 6.99. The molecule has 15 heavy (non-hydrogen) atoms. The van der Waals surface area contributed by atoms with E-state index < -0.39 is 10.0 Å². The summed E-state index contributed by atoms with van der Waals surface area (Å²) in [5.74, 6) is -0.247. The maximum Gasteiger partial charge on any atom is 0.317 e. The van der Waals surface area contributed by atoms with E-state index in [1.807, 2.05) is 0 Å². The molecular formula is C7H15N3O4S. The standard InChI is InChI=1S/C7H15N3O4S/c8-15(12,13)6-1-9-7(11)10-2-4-14-5-3-10/h1-6H2,(H,9,11)(H2,8,12,13). The molecule has 1 aliphatic heterocycles. The Hall–Kier alpha value is -0.860. The highest BCUT2D eigenvalue weighted by Gasteiger charge is 2.16. The highest BCUT2D eigenvalue weighted by molar-refractivity contribution is 7.89. The number of urea groups is 1. The van der Waals surface area contributed by atoms with E-state index in [-0.39, 0.29) is 18.3 Å². The fourth-order valence-electron chi connectivity index (χ4n) is 1.18. The molecule has 1 heterocycles. The molecule has 1 rings (SSSR count). The number of nitrogens with two attached hydrogens (primary N) is 1. The summed E-state index contributed by atoms with van der Waals surface area (Å²) in [5, 5.41) is 7.27. The van der Waals surface area contributed by atoms with E-state index in [1.165, 1.54) is 0 Å². The fraction of sp³-hybridized carbons (Fsp3) is 0.857. The molecule has 1 saturated heterocycles. The van der Waals surface area contributed by atoms with E-state index in [1.54, 1.807) is 4.90 Å². The maximum atomic E-state index is 11.4. The number of hydrogen-bond donors (Lipinski definition) is 2. The lowest BCUT2D eigenvalue weighted by Crippen LogP contribution is -2.47. The van der Waals surface area contributed by atoms with Gasteiger partial charge in [0.2, 0.25) is 10.0 Å². The minimum absolute atomic E-state index is 0.0367. The van der Waals surface area contributed by atoms with Crippen LogP contribution in [0.4, 0.5) is 4.79 Å². The van der Waals surface area contributed by atoms with Gasteiger partial charge in [0, 0.05) is 19.6 Å². The van der Waals surface area contributed by atoms with Gasteiger partial charge in [-0.1, -0.05) is 0 Å². The van der Waals surface area contributed by atoms with Crippen LogP contribution < -0.4 is 10.5 Å². The fourth-order valence-corrected chi connectivity index (χ4v) is 1.57. The Morgan fingerprint density at radius 1 is 1.40 bits per heavy atom. The summed E-state index contributed by atoms with van der Waals surface area (Å²) in [4.78, 5) is 13.0. The molecule has 0 aromatic carbocycles. The molecule has 0 aliphatic carbocycles. The lowest BCUT2D eigenvalue weighted by Gasteiger charge is -2.26. The van der Waals surface area contributed by atoms with Gasteiger partial charge in [0.15, 0.2) is 0 Å². The van der Waals surface area contributed by atoms with Crippen LogP contribution in [-0.2, 0) is 14.8 Å². The van der Waals surface area contributed by atoms with Crippen LogP contribution in [0.1, 0.15) is 0 Å². The summed E-state index contributed by atoms with van der Waals surface area (Å²) in [7, 11) is -3.51. The highest BCUT2D eigenvalue weighted by Crippen LogP contribution is 1.96. The van der Waals surface area contributed by atoms with Crippen LogP contribution in [0.2, 0.25) is 0 Å². The third-order valence-electron chi connectivity index (χ3n) is 1.96. The van der Waals surface area contributed by atoms with Gasteiger partial charge in [-0.05, 0) is 0 Å². The molecule has 0 unspecified atom stereocenters. The summed E-state index contributed by atoms with van der Waals surface area (Å²) in [5.41, 5.74) is 0. The van der Waals surface area contributed by atoms with Crippen LogP contribution in [0.5, 0.6) is 0 Å². The van der Waals surface area contributed by atoms with Crippen LogP contribution in [0.3, 0.4) is 0 Å². The molecule has 0 aromatic heterocycles. The molecule has 1 aliphatic rings. The van der Waals surface area contributed by atoms with Crippen LogP contribution in [0.25, 0.3) is 0 Å². The van der Waals surface area contributed by atoms with Crippen molar-refractivity contribution in [2.75, 3.05) is 38.6 Å². The molecule has 7 nitrogen and oxygen atoms in total. The van der Waals surface area contributed by atoms with Gasteiger partial charge in [0.05, 0.1) is 19.0 Å². The third-order valence-corrected chi connectivity index (χ3v) is 2.73. The molecule has 0 spiro atoms. The summed E-state index contributed by atoms with van der Waals surface area (Å²) < 4.78 is 26.2. The molecule has 0 saturated carbocycles. The van der Waals surface area contributed by atoms with E-state index in [0.29, 0.717) is 26.3 Å². The van der Waals surface area contributed by atoms with E-state index in [4.69, 9.17) is 9.88 Å². The number of hydrogen-bond acceptors (Lipinski definition) is 4. The number of nitrogens with one attached hydrogen (secondary N) is 1. The normalized spacial score (nSPS) is 17.5. The first-order valence-corrected chi connectivity index (χ1v) is 6.31. The van der Waals surface area contributed by atoms with E-state index >= 15 is 0 Å². The first kappa shape index (κ1) is 12.2. The van der Waals surface area contributed by atoms with Gasteiger partial charge < -0.3 is 15.0 Å². The van der Waals surface area contributed by atoms with Crippen molar-refractivity contribution in [3.05, 3.63) is 0 Å². The zero-order valence-corrected chi connectivity index (χ0v) is 9.12. The van der Waals surface area contributed by atoms with Gasteiger partial charge in [-0.15, -0.1) is 0 Å². The molecule has 8 heteroatoms. The zero-order chi connectivity index (χ0) is 11.3. The maximum absolute atomic E-state index is 11.4. The van der Waals surface area contributed by atoms with Gasteiger partial charge >= 0.3 is 6.03 Å². The molecule has 3 N–H and O–H groups in total. The van der Waals surface area contributed by atoms with Crippen LogP contribution in [-0.4, -0.2) is 57.9 Å². The second-order valence-electron chi connectivity index (χ2n) is 3.20. The van der Waals surface area contributed by atoms with E-state index in [0.717, 1.165) is 0 Å². The average molecular weight is 237 g/mol. The van der Waals surface area contributed by atoms with Crippen molar-refractivity contribution in [1.82, 2.24) is 10.2 Å². The molecule has 0 atom stereocenters. The van der Waals surface area contributed by atoms with Crippen LogP contribution in [0.15, 0.2) is 0 Å². The third kappa shape index (κ3) is 4.96. The van der Waals surface area contributed by atoms with Gasteiger partial charge in [-0.25, -0.2) is 18.4 Å². The van der Waals surface area contributed by atoms with Crippen LogP contribution in [0, 0.1) is 0 Å². The van der Waals surface area contributed by atoms with Crippen molar-refractivity contribution < 1.29 is 17.9 Å². The second-order valence-corrected chi connectivity index (χ2v) is 4.93. The minimum atomic E-state index is -3.51. The topological polar surface area (TPSA) is 102 Å². The quantitative estimate of drug-likeness (QED) is 0.612. The van der Waals surface area contributed by atoms with Crippen molar-refractivity contribution >= 4 is 16.1 Å². The smallest absolute Gasteiger partial charge is 0.317 e. The number of carbonyl (C=O) groups excluding carboxylic acids is 1. The van der Waals surface area contributed by atoms with E-state index in [2.05, 4.69) is 5.32 Å². The van der Waals surface area contributed by atoms with Crippen molar-refractivity contribution in [2.45, 2.75) is 0 Å². The Kier molecular flexibility index (Phi) is 4.30. The Morgan fingerprint density at radius 3 is 2.53 bits per heavy atom. The molecular weight excluding hydrogens is 222 g/mol. The second kappa shape index (κ2) is 5.29. The summed E-state index contributed by atoms with van der Waals surface area (Å²) in [6.45, 7) is 2.13. The lowest BCUT2D eigenvalue weighted by atomic mass is 10.4. The predicted octanol–water partition coefficient (Wildman–Crippen LogP) is -1.68. The minimum Gasteiger partial charge on any atom is -0.378 e. The number of carbonyl (C=O) groups is 1. The number of rotatable bonds is 3. The Balaban J connectivity index is 2.23. The van der Waals surface area contributed by atoms with Gasteiger partial charge in [-0.3, -0.25) is 0 Å². The zero-order valence-electron chi connectivity index (χ0n) is 8.31. The van der Waals surface area contributed by atoms with Gasteiger partial charge in [0.1, 0.15) is 0 Å². The molecule has 0 bridgehead atoms. The monoisotopic (exact) mass is 237 g/mol. The van der Waals surface area contributed by atoms with Crippen LogP contribution >= 0.6 is 0 Å². The first-order valence-electron chi connectivity index (χ1n) is 4.60. The molecule has 0 aromatic rings. The van der Waals surface area contributed by atoms with Crippen molar-refractivity contribution in [3.8, 4) is 0 Å². The molecule has 1 fully saturated rings. The summed E-state index contributed by atoms with van der Waals surface area (Å²) >= 11 is 0. The summed E-state index contributed by atoms with van der Waals surface area (Å²) in [6.07, 6.45) is 0. The molecule has 2 amide bonds. The van der Waals surface area contributed by atoms with E-state index in [9.17, 15) is 13.2 Å². The Morgan fingerprint density at radius 2 is 2.00 bits per heavy atom. The van der Waals surface area contributed by atoms with Crippen molar-refractivity contribution in [2.24, 2.45) is 5.14 Å². The lowest BCUT2D eigenvalue weighted by molar-refractivity contribution is 0.0533. The number of sulfonamides is 1. The van der Waals surface area contributed by atoms with Crippen molar-refractivity contribution in [3.63, 3.8) is 0 Å². The number of amides is 2.